The number of carbonyl (C=O) groups excluding carboxylic acids is 2. The zero-order valence-electron chi connectivity index (χ0n) is 17.7. The number of amides is 2. The number of hydrogen-bond acceptors (Lipinski definition) is 3. The summed E-state index contributed by atoms with van der Waals surface area (Å²) in [5.74, 6) is -1.38. The van der Waals surface area contributed by atoms with E-state index in [9.17, 15) is 18.4 Å². The third-order valence-corrected chi connectivity index (χ3v) is 6.05. The highest BCUT2D eigenvalue weighted by Gasteiger charge is 2.25. The average molecular weight is 440 g/mol. The van der Waals surface area contributed by atoms with E-state index >= 15 is 0 Å². The Morgan fingerprint density at radius 3 is 2.72 bits per heavy atom. The number of hydrogen-bond donors (Lipinski definition) is 2. The summed E-state index contributed by atoms with van der Waals surface area (Å²) in [4.78, 5) is 33.5. The first-order chi connectivity index (χ1) is 15.5. The van der Waals surface area contributed by atoms with Gasteiger partial charge in [-0.1, -0.05) is 12.8 Å². The standard InChI is InChI=1S/C24H26F2N4O2/c25-18-4-5-20(26)19(14-18)24(32)30-11-7-16(8-12-30)3-1-2-9-28-23(31)22-13-17-15-27-10-6-21(17)29-22/h4-6,10,13-16,29H,1-3,7-9,11-12H2,(H,28,31). The van der Waals surface area contributed by atoms with Crippen LogP contribution in [0.1, 0.15) is 53.0 Å². The largest absolute Gasteiger partial charge is 0.351 e. The molecule has 2 amide bonds. The van der Waals surface area contributed by atoms with Crippen LogP contribution in [0.15, 0.2) is 42.7 Å². The molecule has 0 radical (unpaired) electrons. The van der Waals surface area contributed by atoms with Crippen LogP contribution in [0.4, 0.5) is 8.78 Å². The number of H-pyrrole nitrogens is 1. The van der Waals surface area contributed by atoms with Gasteiger partial charge >= 0.3 is 0 Å². The molecule has 3 aromatic rings. The summed E-state index contributed by atoms with van der Waals surface area (Å²) < 4.78 is 27.2. The van der Waals surface area contributed by atoms with E-state index in [0.717, 1.165) is 61.2 Å². The fraction of sp³-hybridized carbons (Fsp3) is 0.375. The summed E-state index contributed by atoms with van der Waals surface area (Å²) in [6.07, 6.45) is 7.96. The van der Waals surface area contributed by atoms with Crippen LogP contribution >= 0.6 is 0 Å². The highest BCUT2D eigenvalue weighted by atomic mass is 19.1. The van der Waals surface area contributed by atoms with E-state index < -0.39 is 17.5 Å². The van der Waals surface area contributed by atoms with E-state index in [0.29, 0.717) is 31.2 Å². The Bertz CT molecular complexity index is 1070. The van der Waals surface area contributed by atoms with Gasteiger partial charge < -0.3 is 15.2 Å². The minimum atomic E-state index is -0.690. The number of nitrogens with one attached hydrogen (secondary N) is 2. The number of aromatic nitrogens is 2. The molecule has 32 heavy (non-hydrogen) atoms. The molecule has 0 saturated carbocycles. The molecule has 1 aromatic carbocycles. The summed E-state index contributed by atoms with van der Waals surface area (Å²) in [6, 6.07) is 6.59. The van der Waals surface area contributed by atoms with Gasteiger partial charge in [0.1, 0.15) is 17.3 Å². The summed E-state index contributed by atoms with van der Waals surface area (Å²) >= 11 is 0. The van der Waals surface area contributed by atoms with Crippen LogP contribution in [0.25, 0.3) is 10.9 Å². The van der Waals surface area contributed by atoms with Crippen molar-refractivity contribution in [3.8, 4) is 0 Å². The molecule has 1 aliphatic rings. The quantitative estimate of drug-likeness (QED) is 0.538. The molecule has 2 aromatic heterocycles. The zero-order valence-corrected chi connectivity index (χ0v) is 17.7. The van der Waals surface area contributed by atoms with E-state index in [-0.39, 0.29) is 11.5 Å². The lowest BCUT2D eigenvalue weighted by molar-refractivity contribution is 0.0680. The SMILES string of the molecule is O=C(NCCCCC1CCN(C(=O)c2cc(F)ccc2F)CC1)c1cc2cnccc2[nH]1. The Balaban J connectivity index is 1.15. The summed E-state index contributed by atoms with van der Waals surface area (Å²) in [5.41, 5.74) is 1.21. The monoisotopic (exact) mass is 440 g/mol. The van der Waals surface area contributed by atoms with Crippen molar-refractivity contribution in [2.45, 2.75) is 32.1 Å². The van der Waals surface area contributed by atoms with Crippen LogP contribution in [0, 0.1) is 17.6 Å². The Labute approximate surface area is 185 Å². The van der Waals surface area contributed by atoms with Crippen molar-refractivity contribution in [2.75, 3.05) is 19.6 Å². The Morgan fingerprint density at radius 2 is 1.94 bits per heavy atom. The minimum Gasteiger partial charge on any atom is -0.351 e. The van der Waals surface area contributed by atoms with Crippen LogP contribution in [0.5, 0.6) is 0 Å². The smallest absolute Gasteiger partial charge is 0.267 e. The van der Waals surface area contributed by atoms with Crippen LogP contribution < -0.4 is 5.32 Å². The first-order valence-electron chi connectivity index (χ1n) is 11.0. The fourth-order valence-electron chi connectivity index (χ4n) is 4.21. The number of aromatic amines is 1. The molecule has 0 unspecified atom stereocenters. The predicted molar refractivity (Wildman–Crippen MR) is 117 cm³/mol. The van der Waals surface area contributed by atoms with Crippen LogP contribution in [-0.2, 0) is 0 Å². The molecule has 2 N–H and O–H groups in total. The second-order valence-electron chi connectivity index (χ2n) is 8.26. The number of nitrogens with zero attached hydrogens (tertiary/aromatic N) is 2. The third kappa shape index (κ3) is 5.12. The van der Waals surface area contributed by atoms with Gasteiger partial charge in [0.25, 0.3) is 11.8 Å². The number of halogens is 2. The van der Waals surface area contributed by atoms with Crippen molar-refractivity contribution < 1.29 is 18.4 Å². The zero-order chi connectivity index (χ0) is 22.5. The van der Waals surface area contributed by atoms with Crippen LogP contribution in [0.3, 0.4) is 0 Å². The molecule has 1 aliphatic heterocycles. The lowest BCUT2D eigenvalue weighted by Crippen LogP contribution is -2.39. The van der Waals surface area contributed by atoms with Gasteiger partial charge in [0, 0.05) is 42.9 Å². The van der Waals surface area contributed by atoms with Crippen molar-refractivity contribution in [1.82, 2.24) is 20.2 Å². The molecular weight excluding hydrogens is 414 g/mol. The topological polar surface area (TPSA) is 78.1 Å². The molecule has 0 aliphatic carbocycles. The van der Waals surface area contributed by atoms with Crippen molar-refractivity contribution in [3.05, 3.63) is 65.6 Å². The number of unbranched alkanes of at least 4 members (excludes halogenated alkanes) is 1. The Hall–Kier alpha value is -3.29. The molecule has 6 nitrogen and oxygen atoms in total. The van der Waals surface area contributed by atoms with E-state index in [4.69, 9.17) is 0 Å². The molecule has 0 bridgehead atoms. The Kier molecular flexibility index (Phi) is 6.78. The van der Waals surface area contributed by atoms with Gasteiger partial charge in [0.2, 0.25) is 0 Å². The van der Waals surface area contributed by atoms with Gasteiger partial charge in [-0.05, 0) is 55.5 Å². The normalized spacial score (nSPS) is 14.6. The van der Waals surface area contributed by atoms with E-state index in [1.165, 1.54) is 0 Å². The molecule has 4 rings (SSSR count). The molecule has 8 heteroatoms. The summed E-state index contributed by atoms with van der Waals surface area (Å²) in [7, 11) is 0. The van der Waals surface area contributed by atoms with Gasteiger partial charge in [0.15, 0.2) is 0 Å². The van der Waals surface area contributed by atoms with Gasteiger partial charge in [-0.15, -0.1) is 0 Å². The van der Waals surface area contributed by atoms with Crippen molar-refractivity contribution in [1.29, 1.82) is 0 Å². The van der Waals surface area contributed by atoms with Crippen molar-refractivity contribution >= 4 is 22.7 Å². The van der Waals surface area contributed by atoms with Gasteiger partial charge in [0.05, 0.1) is 5.56 Å². The second-order valence-corrected chi connectivity index (χ2v) is 8.26. The van der Waals surface area contributed by atoms with Gasteiger partial charge in [-0.3, -0.25) is 14.6 Å². The molecule has 1 saturated heterocycles. The molecule has 3 heterocycles. The molecule has 1 fully saturated rings. The maximum Gasteiger partial charge on any atom is 0.267 e. The lowest BCUT2D eigenvalue weighted by Gasteiger charge is -2.32. The maximum absolute atomic E-state index is 13.9. The first kappa shape index (κ1) is 21.9. The number of benzene rings is 1. The number of fused-ring (bicyclic) bond motifs is 1. The van der Waals surface area contributed by atoms with E-state index in [1.807, 2.05) is 6.07 Å². The van der Waals surface area contributed by atoms with Crippen LogP contribution in [-0.4, -0.2) is 46.3 Å². The molecule has 168 valence electrons. The highest BCUT2D eigenvalue weighted by molar-refractivity contribution is 5.97. The van der Waals surface area contributed by atoms with Gasteiger partial charge in [-0.2, -0.15) is 0 Å². The fourth-order valence-corrected chi connectivity index (χ4v) is 4.21. The Morgan fingerprint density at radius 1 is 1.12 bits per heavy atom. The second kappa shape index (κ2) is 9.89. The summed E-state index contributed by atoms with van der Waals surface area (Å²) in [5, 5.41) is 3.84. The summed E-state index contributed by atoms with van der Waals surface area (Å²) in [6.45, 7) is 1.69. The van der Waals surface area contributed by atoms with Crippen LogP contribution in [0.2, 0.25) is 0 Å². The molecule has 0 atom stereocenters. The van der Waals surface area contributed by atoms with E-state index in [1.54, 1.807) is 23.4 Å². The predicted octanol–water partition coefficient (Wildman–Crippen LogP) is 4.29. The molecule has 0 spiro atoms. The number of likely N-dealkylation sites (tertiary alicyclic amines) is 1. The first-order valence-corrected chi connectivity index (χ1v) is 11.0. The lowest BCUT2D eigenvalue weighted by atomic mass is 9.91. The van der Waals surface area contributed by atoms with Gasteiger partial charge in [-0.25, -0.2) is 8.78 Å². The maximum atomic E-state index is 13.9. The number of rotatable bonds is 7. The number of pyridine rings is 1. The average Bonchev–Trinajstić information content (AvgIpc) is 3.25. The number of carbonyl (C=O) groups is 2. The number of piperidine rings is 1. The molecular formula is C24H26F2N4O2. The highest BCUT2D eigenvalue weighted by Crippen LogP contribution is 2.24. The minimum absolute atomic E-state index is 0.127. The van der Waals surface area contributed by atoms with E-state index in [2.05, 4.69) is 15.3 Å². The third-order valence-electron chi connectivity index (χ3n) is 6.05. The van der Waals surface area contributed by atoms with Crippen molar-refractivity contribution in [2.24, 2.45) is 5.92 Å². The van der Waals surface area contributed by atoms with Crippen molar-refractivity contribution in [3.63, 3.8) is 0 Å².